The Labute approximate surface area is 256 Å². The van der Waals surface area contributed by atoms with Crippen molar-refractivity contribution in [3.63, 3.8) is 0 Å². The fourth-order valence-corrected chi connectivity index (χ4v) is 21.8. The second-order valence-corrected chi connectivity index (χ2v) is 31.4. The van der Waals surface area contributed by atoms with E-state index in [4.69, 9.17) is 13.8 Å². The van der Waals surface area contributed by atoms with E-state index in [-0.39, 0.29) is 11.1 Å². The molecule has 1 heterocycles. The zero-order valence-corrected chi connectivity index (χ0v) is 31.2. The molecule has 41 heavy (non-hydrogen) atoms. The van der Waals surface area contributed by atoms with E-state index in [0.29, 0.717) is 0 Å². The molecular weight excluding hydrogens is 625 g/mol. The van der Waals surface area contributed by atoms with Gasteiger partial charge in [-0.2, -0.15) is 0 Å². The summed E-state index contributed by atoms with van der Waals surface area (Å²) >= 11 is -2.70. The van der Waals surface area contributed by atoms with Gasteiger partial charge in [-0.15, -0.1) is 0 Å². The molecule has 226 valence electrons. The van der Waals surface area contributed by atoms with Gasteiger partial charge in [0, 0.05) is 0 Å². The molecule has 1 atom stereocenters. The first-order chi connectivity index (χ1) is 19.5. The third kappa shape index (κ3) is 9.56. The number of aromatic nitrogens is 1. The summed E-state index contributed by atoms with van der Waals surface area (Å²) in [5, 5.41) is 0.129. The number of oxazole rings is 1. The number of unbranched alkanes of at least 4 members (excludes halogenated alkanes) is 3. The van der Waals surface area contributed by atoms with Crippen molar-refractivity contribution in [3.05, 3.63) is 72.2 Å². The van der Waals surface area contributed by atoms with Crippen molar-refractivity contribution in [3.8, 4) is 11.1 Å². The second-order valence-electron chi connectivity index (χ2n) is 13.6. The van der Waals surface area contributed by atoms with Gasteiger partial charge in [0.25, 0.3) is 0 Å². The number of aryl methyl sites for hydroxylation is 1. The Kier molecular flexibility index (Phi) is 13.2. The number of hydrogen-bond donors (Lipinski definition) is 0. The normalized spacial score (nSPS) is 13.5. The Hall–Kier alpha value is -1.37. The molecule has 0 radical (unpaired) electrons. The summed E-state index contributed by atoms with van der Waals surface area (Å²) in [5.41, 5.74) is 3.85. The summed E-state index contributed by atoms with van der Waals surface area (Å²) in [4.78, 5) is 5.02. The number of benzene rings is 2. The molecule has 0 aliphatic rings. The molecule has 1 aromatic heterocycles. The van der Waals surface area contributed by atoms with Gasteiger partial charge in [-0.05, 0) is 0 Å². The van der Waals surface area contributed by atoms with Gasteiger partial charge in [0.1, 0.15) is 0 Å². The average Bonchev–Trinajstić information content (AvgIpc) is 3.46. The monoisotopic (exact) mass is 683 g/mol. The van der Waals surface area contributed by atoms with Crippen LogP contribution in [0.25, 0.3) is 11.1 Å². The number of rotatable bonds is 17. The Balaban J connectivity index is 1.89. The summed E-state index contributed by atoms with van der Waals surface area (Å²) in [6, 6.07) is 19.6. The maximum atomic E-state index is 7.08. The van der Waals surface area contributed by atoms with Crippen molar-refractivity contribution in [1.82, 2.24) is 4.98 Å². The van der Waals surface area contributed by atoms with Gasteiger partial charge in [0.15, 0.2) is 0 Å². The van der Waals surface area contributed by atoms with Crippen LogP contribution in [-0.2, 0) is 10.8 Å². The molecule has 3 nitrogen and oxygen atoms in total. The molecule has 0 fully saturated rings. The second kappa shape index (κ2) is 15.9. The summed E-state index contributed by atoms with van der Waals surface area (Å²) in [5.74, 6) is 0.830. The number of hydrogen-bond acceptors (Lipinski definition) is 3. The van der Waals surface area contributed by atoms with Crippen LogP contribution in [-0.4, -0.2) is 31.7 Å². The van der Waals surface area contributed by atoms with Crippen LogP contribution in [0.3, 0.4) is 0 Å². The van der Waals surface area contributed by atoms with Gasteiger partial charge in [-0.3, -0.25) is 0 Å². The molecule has 0 aliphatic carbocycles. The van der Waals surface area contributed by atoms with E-state index in [1.54, 1.807) is 0 Å². The van der Waals surface area contributed by atoms with Crippen LogP contribution in [0.5, 0.6) is 0 Å². The van der Waals surface area contributed by atoms with Crippen LogP contribution in [0, 0.1) is 0 Å². The van der Waals surface area contributed by atoms with Crippen LogP contribution >= 0.6 is 0 Å². The Morgan fingerprint density at radius 3 is 1.85 bits per heavy atom. The van der Waals surface area contributed by atoms with Gasteiger partial charge in [0.05, 0.1) is 0 Å². The van der Waals surface area contributed by atoms with Crippen molar-refractivity contribution < 1.29 is 8.84 Å². The third-order valence-electron chi connectivity index (χ3n) is 9.35. The molecule has 0 spiro atoms. The van der Waals surface area contributed by atoms with Crippen LogP contribution in [0.2, 0.25) is 31.4 Å². The van der Waals surface area contributed by atoms with Crippen molar-refractivity contribution >= 4 is 30.5 Å². The quantitative estimate of drug-likeness (QED) is 0.133. The zero-order valence-electron chi connectivity index (χ0n) is 27.4. The van der Waals surface area contributed by atoms with Crippen LogP contribution in [0.15, 0.2) is 65.2 Å². The fourth-order valence-electron chi connectivity index (χ4n) is 5.53. The van der Waals surface area contributed by atoms with E-state index in [9.17, 15) is 0 Å². The SMILES string of the molecule is CCC[CH2][Sn]([CH2]CCC)([CH2]CCC)[c]1cnc(C(CCc2ccc(-c3ccccc3)cc2)O[Si](C)(C)C(C)(C)C)o1. The minimum atomic E-state index is -2.70. The first kappa shape index (κ1) is 34.1. The van der Waals surface area contributed by atoms with Gasteiger partial charge in [0.2, 0.25) is 0 Å². The van der Waals surface area contributed by atoms with Crippen molar-refractivity contribution in [2.24, 2.45) is 0 Å². The first-order valence-electron chi connectivity index (χ1n) is 16.3. The van der Waals surface area contributed by atoms with Gasteiger partial charge in [-0.25, -0.2) is 0 Å². The van der Waals surface area contributed by atoms with E-state index >= 15 is 0 Å². The molecule has 1 unspecified atom stereocenters. The molecule has 0 saturated heterocycles. The van der Waals surface area contributed by atoms with Gasteiger partial charge < -0.3 is 0 Å². The third-order valence-corrected chi connectivity index (χ3v) is 28.7. The van der Waals surface area contributed by atoms with E-state index in [0.717, 1.165) is 18.7 Å². The maximum absolute atomic E-state index is 7.08. The molecule has 3 rings (SSSR count). The molecule has 0 N–H and O–H groups in total. The van der Waals surface area contributed by atoms with Crippen molar-refractivity contribution in [1.29, 1.82) is 0 Å². The predicted octanol–water partition coefficient (Wildman–Crippen LogP) is 11.1. The Bertz CT molecular complexity index is 1130. The van der Waals surface area contributed by atoms with Crippen LogP contribution in [0.1, 0.15) is 104 Å². The summed E-state index contributed by atoms with van der Waals surface area (Å²) in [7, 11) is -2.02. The van der Waals surface area contributed by atoms with Crippen LogP contribution < -0.4 is 3.78 Å². The summed E-state index contributed by atoms with van der Waals surface area (Å²) < 4.78 is 19.5. The standard InChI is InChI=1S/C24H30NO2Si.3C4H9.Sn/c1-24(2,3)28(4,5)27-22(23-25-17-18-26-23)16-13-19-11-14-21(15-12-19)20-9-7-6-8-10-20;3*1-3-4-2;/h6-12,14-15,17,22H,13,16H2,1-5H3;3*1,3-4H2,2H3;. The first-order valence-corrected chi connectivity index (χ1v) is 26.7. The molecule has 5 heteroatoms. The molecule has 0 saturated carbocycles. The van der Waals surface area contributed by atoms with Crippen molar-refractivity contribution in [2.45, 2.75) is 130 Å². The summed E-state index contributed by atoms with van der Waals surface area (Å²) in [6.45, 7) is 18.7. The Morgan fingerprint density at radius 2 is 1.34 bits per heavy atom. The predicted molar refractivity (Wildman–Crippen MR) is 182 cm³/mol. The van der Waals surface area contributed by atoms with Gasteiger partial charge in [-0.1, -0.05) is 18.2 Å². The minimum absolute atomic E-state index is 0.106. The molecule has 3 aromatic rings. The molecular formula is C36H57NO2SiSn. The van der Waals surface area contributed by atoms with Crippen molar-refractivity contribution in [2.75, 3.05) is 0 Å². The fraction of sp³-hybridized carbons (Fsp3) is 0.583. The zero-order chi connectivity index (χ0) is 29.9. The van der Waals surface area contributed by atoms with E-state index in [1.807, 2.05) is 0 Å². The number of nitrogens with zero attached hydrogens (tertiary/aromatic N) is 1. The molecule has 2 aromatic carbocycles. The topological polar surface area (TPSA) is 35.3 Å². The molecule has 0 amide bonds. The summed E-state index contributed by atoms with van der Waals surface area (Å²) in [6.07, 6.45) is 11.6. The van der Waals surface area contributed by atoms with Crippen LogP contribution in [0.4, 0.5) is 0 Å². The Morgan fingerprint density at radius 1 is 0.805 bits per heavy atom. The van der Waals surface area contributed by atoms with E-state index < -0.39 is 26.7 Å². The molecule has 0 aliphatic heterocycles. The average molecular weight is 683 g/mol. The van der Waals surface area contributed by atoms with E-state index in [1.165, 1.54) is 72.3 Å². The molecule has 0 bridgehead atoms. The van der Waals surface area contributed by atoms with Gasteiger partial charge >= 0.3 is 240 Å². The van der Waals surface area contributed by atoms with E-state index in [2.05, 4.69) is 115 Å².